The van der Waals surface area contributed by atoms with Crippen LogP contribution in [-0.2, 0) is 0 Å². The van der Waals surface area contributed by atoms with Gasteiger partial charge < -0.3 is 0 Å². The molecule has 0 aliphatic rings. The topological polar surface area (TPSA) is 0 Å². The van der Waals surface area contributed by atoms with Gasteiger partial charge in [0.25, 0.3) is 0 Å². The van der Waals surface area contributed by atoms with E-state index in [9.17, 15) is 0 Å². The van der Waals surface area contributed by atoms with Crippen LogP contribution in [0.15, 0.2) is 115 Å². The van der Waals surface area contributed by atoms with Gasteiger partial charge in [-0.2, -0.15) is 0 Å². The largest absolute Gasteiger partial charge is 0.0955 e. The van der Waals surface area contributed by atoms with Gasteiger partial charge in [-0.15, -0.1) is 0 Å². The highest BCUT2D eigenvalue weighted by molar-refractivity contribution is 5.89. The predicted molar refractivity (Wildman–Crippen MR) is 194 cm³/mol. The van der Waals surface area contributed by atoms with Crippen LogP contribution in [0.3, 0.4) is 0 Å². The molecule has 0 saturated carbocycles. The lowest BCUT2D eigenvalue weighted by Gasteiger charge is -2.19. The fourth-order valence-corrected chi connectivity index (χ4v) is 4.18. The van der Waals surface area contributed by atoms with E-state index in [1.807, 2.05) is 19.9 Å². The van der Waals surface area contributed by atoms with Crippen molar-refractivity contribution in [1.82, 2.24) is 0 Å². The van der Waals surface area contributed by atoms with Gasteiger partial charge >= 0.3 is 0 Å². The summed E-state index contributed by atoms with van der Waals surface area (Å²) in [5.41, 5.74) is 10.3. The summed E-state index contributed by atoms with van der Waals surface area (Å²) < 4.78 is 0. The van der Waals surface area contributed by atoms with Gasteiger partial charge in [0, 0.05) is 0 Å². The van der Waals surface area contributed by atoms with Gasteiger partial charge in [0.15, 0.2) is 0 Å². The summed E-state index contributed by atoms with van der Waals surface area (Å²) in [4.78, 5) is 0. The molecule has 0 spiro atoms. The number of hydrogen-bond donors (Lipinski definition) is 0. The number of rotatable bonds is 11. The zero-order chi connectivity index (χ0) is 31.8. The van der Waals surface area contributed by atoms with Crippen molar-refractivity contribution in [3.05, 3.63) is 143 Å². The van der Waals surface area contributed by atoms with Gasteiger partial charge in [0.1, 0.15) is 0 Å². The first-order valence-corrected chi connectivity index (χ1v) is 16.3. The molecule has 42 heavy (non-hydrogen) atoms. The van der Waals surface area contributed by atoms with Gasteiger partial charge in [-0.25, -0.2) is 0 Å². The number of unbranched alkanes of at least 4 members (excludes halogenated alkanes) is 5. The maximum absolute atomic E-state index is 4.40. The Morgan fingerprint density at radius 1 is 0.643 bits per heavy atom. The first kappa shape index (κ1) is 38.6. The Balaban J connectivity index is 0.00000109. The van der Waals surface area contributed by atoms with Crippen molar-refractivity contribution < 1.29 is 0 Å². The van der Waals surface area contributed by atoms with Crippen LogP contribution in [-0.4, -0.2) is 0 Å². The molecule has 0 unspecified atom stereocenters. The van der Waals surface area contributed by atoms with Crippen LogP contribution in [0.5, 0.6) is 0 Å². The van der Waals surface area contributed by atoms with Crippen molar-refractivity contribution in [2.24, 2.45) is 0 Å². The summed E-state index contributed by atoms with van der Waals surface area (Å²) in [5, 5.41) is 0. The Morgan fingerprint density at radius 3 is 1.64 bits per heavy atom. The zero-order valence-corrected chi connectivity index (χ0v) is 28.5. The van der Waals surface area contributed by atoms with E-state index in [0.29, 0.717) is 0 Å². The third-order valence-corrected chi connectivity index (χ3v) is 6.74. The number of aryl methyl sites for hydroxylation is 2. The van der Waals surface area contributed by atoms with E-state index in [0.717, 1.165) is 22.3 Å². The summed E-state index contributed by atoms with van der Waals surface area (Å²) in [6.07, 6.45) is 13.9. The molecule has 0 nitrogen and oxygen atoms in total. The van der Waals surface area contributed by atoms with E-state index in [2.05, 4.69) is 147 Å². The highest BCUT2D eigenvalue weighted by Gasteiger charge is 2.15. The molecule has 0 amide bonds. The predicted octanol–water partition coefficient (Wildman–Crippen LogP) is 13.8. The lowest BCUT2D eigenvalue weighted by atomic mass is 9.85. The molecule has 0 atom stereocenters. The second-order valence-corrected chi connectivity index (χ2v) is 10.5. The second-order valence-electron chi connectivity index (χ2n) is 10.5. The molecule has 0 aromatic heterocycles. The van der Waals surface area contributed by atoms with E-state index in [1.165, 1.54) is 72.8 Å². The summed E-state index contributed by atoms with van der Waals surface area (Å²) in [6, 6.07) is 27.5. The summed E-state index contributed by atoms with van der Waals surface area (Å²) in [6.45, 7) is 27.9. The van der Waals surface area contributed by atoms with Crippen LogP contribution in [0.2, 0.25) is 0 Å². The Labute approximate surface area is 261 Å². The molecule has 0 radical (unpaired) electrons. The van der Waals surface area contributed by atoms with Crippen LogP contribution in [0.1, 0.15) is 121 Å². The van der Waals surface area contributed by atoms with E-state index in [4.69, 9.17) is 0 Å². The molecule has 0 heterocycles. The minimum atomic E-state index is 0.959. The van der Waals surface area contributed by atoms with Crippen molar-refractivity contribution in [3.8, 4) is 0 Å². The van der Waals surface area contributed by atoms with Crippen molar-refractivity contribution in [2.75, 3.05) is 0 Å². The van der Waals surface area contributed by atoms with Gasteiger partial charge in [-0.05, 0) is 65.3 Å². The molecular formula is C42H60. The number of benzene rings is 3. The molecule has 3 aromatic rings. The number of hydrogen-bond acceptors (Lipinski definition) is 0. The molecule has 3 rings (SSSR count). The van der Waals surface area contributed by atoms with Crippen LogP contribution in [0.25, 0.3) is 11.6 Å². The maximum atomic E-state index is 4.40. The molecule has 0 saturated heterocycles. The molecule has 228 valence electrons. The first-order chi connectivity index (χ1) is 20.3. The van der Waals surface area contributed by atoms with Crippen molar-refractivity contribution in [3.63, 3.8) is 0 Å². The maximum Gasteiger partial charge on any atom is -0.00279 e. The summed E-state index contributed by atoms with van der Waals surface area (Å²) in [5.74, 6) is 0. The molecule has 0 bridgehead atoms. The minimum Gasteiger partial charge on any atom is -0.0955 e. The van der Waals surface area contributed by atoms with Gasteiger partial charge in [0.05, 0.1) is 0 Å². The van der Waals surface area contributed by atoms with Gasteiger partial charge in [-0.1, -0.05) is 196 Å². The smallest absolute Gasteiger partial charge is 0.00279 e. The Hall–Kier alpha value is -3.38. The van der Waals surface area contributed by atoms with Crippen molar-refractivity contribution in [1.29, 1.82) is 0 Å². The monoisotopic (exact) mass is 564 g/mol. The van der Waals surface area contributed by atoms with Gasteiger partial charge in [0.2, 0.25) is 0 Å². The second kappa shape index (κ2) is 24.2. The van der Waals surface area contributed by atoms with Crippen LogP contribution in [0.4, 0.5) is 0 Å². The van der Waals surface area contributed by atoms with E-state index >= 15 is 0 Å². The molecule has 0 heteroatoms. The average Bonchev–Trinajstić information content (AvgIpc) is 3.02. The quantitative estimate of drug-likeness (QED) is 0.160. The average molecular weight is 565 g/mol. The fourth-order valence-electron chi connectivity index (χ4n) is 4.18. The van der Waals surface area contributed by atoms with Crippen LogP contribution >= 0.6 is 0 Å². The van der Waals surface area contributed by atoms with Crippen LogP contribution < -0.4 is 0 Å². The Bertz CT molecular complexity index is 1180. The third-order valence-electron chi connectivity index (χ3n) is 6.74. The van der Waals surface area contributed by atoms with Gasteiger partial charge in [-0.3, -0.25) is 0 Å². The molecule has 0 aliphatic heterocycles. The summed E-state index contributed by atoms with van der Waals surface area (Å²) >= 11 is 0. The van der Waals surface area contributed by atoms with Crippen molar-refractivity contribution in [2.45, 2.75) is 107 Å². The molecule has 3 aromatic carbocycles. The Morgan fingerprint density at radius 2 is 1.17 bits per heavy atom. The number of allylic oxidation sites excluding steroid dienone is 4. The normalized spacial score (nSPS) is 10.7. The lowest BCUT2D eigenvalue weighted by molar-refractivity contribution is 0.656. The third kappa shape index (κ3) is 15.0. The fraction of sp³-hybridized carbons (Fsp3) is 0.381. The SMILES string of the molecule is C=C(C)/C(C(=C)/C=C/c1ccc(C)cc1)=C(/c1ccccc1)c1ccccc1C.CC.CCCC.CCCCCCC. The highest BCUT2D eigenvalue weighted by atomic mass is 14.2. The lowest BCUT2D eigenvalue weighted by Crippen LogP contribution is -1.99. The minimum absolute atomic E-state index is 0.959. The molecule has 0 aliphatic carbocycles. The standard InChI is InChI=1S/C29H28.C7H16.C4H10.C2H6/c1-21(2)28(24(5)17-20-25-18-15-22(3)16-19-25)29(26-12-7-6-8-13-26)27-14-10-9-11-23(27)4;1-3-5-7-6-4-2;1-3-4-2;1-2/h6-20H,1,5H2,2-4H3;3-7H2,1-2H3;3-4H2,1-2H3;1-2H3/b20-17+,29-28+;;;. The summed E-state index contributed by atoms with van der Waals surface area (Å²) in [7, 11) is 0. The van der Waals surface area contributed by atoms with E-state index < -0.39 is 0 Å². The first-order valence-electron chi connectivity index (χ1n) is 16.3. The van der Waals surface area contributed by atoms with E-state index in [-0.39, 0.29) is 0 Å². The molecule has 0 N–H and O–H groups in total. The Kier molecular flexibility index (Phi) is 22.3. The highest BCUT2D eigenvalue weighted by Crippen LogP contribution is 2.35. The van der Waals surface area contributed by atoms with Crippen molar-refractivity contribution >= 4 is 11.6 Å². The zero-order valence-electron chi connectivity index (χ0n) is 28.5. The molecule has 0 fully saturated rings. The van der Waals surface area contributed by atoms with Crippen LogP contribution in [0, 0.1) is 13.8 Å². The van der Waals surface area contributed by atoms with E-state index in [1.54, 1.807) is 0 Å². The molecular weight excluding hydrogens is 504 g/mol.